The molecule has 9 heavy (non-hydrogen) atoms. The van der Waals surface area contributed by atoms with E-state index in [9.17, 15) is 0 Å². The number of rotatable bonds is 1. The third-order valence-corrected chi connectivity index (χ3v) is 1.12. The summed E-state index contributed by atoms with van der Waals surface area (Å²) >= 11 is 0. The van der Waals surface area contributed by atoms with Gasteiger partial charge in [-0.15, -0.1) is 0 Å². The average molecular weight is 120 g/mol. The molecule has 0 aromatic carbocycles. The SMILES string of the molecule is CC(C)c1[c]n[c]nc1. The summed E-state index contributed by atoms with van der Waals surface area (Å²) in [5, 5.41) is 0. The zero-order valence-corrected chi connectivity index (χ0v) is 5.55. The molecule has 1 rings (SSSR count). The van der Waals surface area contributed by atoms with Gasteiger partial charge in [0.25, 0.3) is 0 Å². The summed E-state index contributed by atoms with van der Waals surface area (Å²) in [7, 11) is 0. The Labute approximate surface area is 55.0 Å². The molecular formula is C7H8N2. The Bertz CT molecular complexity index is 170. The first-order valence-electron chi connectivity index (χ1n) is 2.91. The molecule has 2 heteroatoms. The lowest BCUT2D eigenvalue weighted by atomic mass is 10.1. The van der Waals surface area contributed by atoms with Crippen molar-refractivity contribution in [3.63, 3.8) is 0 Å². The number of hydrogen-bond donors (Lipinski definition) is 0. The zero-order valence-electron chi connectivity index (χ0n) is 5.55. The fourth-order valence-electron chi connectivity index (χ4n) is 0.524. The molecule has 2 nitrogen and oxygen atoms in total. The predicted molar refractivity (Wildman–Crippen MR) is 33.8 cm³/mol. The van der Waals surface area contributed by atoms with Gasteiger partial charge in [-0.05, 0) is 5.92 Å². The van der Waals surface area contributed by atoms with Crippen LogP contribution in [0.1, 0.15) is 25.3 Å². The van der Waals surface area contributed by atoms with Gasteiger partial charge in [0.1, 0.15) is 0 Å². The van der Waals surface area contributed by atoms with Crippen molar-refractivity contribution in [3.8, 4) is 0 Å². The van der Waals surface area contributed by atoms with Crippen molar-refractivity contribution in [1.29, 1.82) is 0 Å². The number of nitrogens with zero attached hydrogens (tertiary/aromatic N) is 2. The molecule has 0 N–H and O–H groups in total. The van der Waals surface area contributed by atoms with E-state index in [1.54, 1.807) is 6.20 Å². The molecule has 0 bridgehead atoms. The Morgan fingerprint density at radius 1 is 1.56 bits per heavy atom. The average Bonchev–Trinajstić information content (AvgIpc) is 1.90. The first kappa shape index (κ1) is 6.20. The Kier molecular flexibility index (Phi) is 1.78. The minimum atomic E-state index is 0.458. The summed E-state index contributed by atoms with van der Waals surface area (Å²) in [6, 6.07) is 0. The lowest BCUT2D eigenvalue weighted by molar-refractivity contribution is 0.841. The maximum Gasteiger partial charge on any atom is 0.198 e. The molecule has 1 aromatic rings. The largest absolute Gasteiger partial charge is 0.233 e. The van der Waals surface area contributed by atoms with Crippen LogP contribution in [0.2, 0.25) is 0 Å². The van der Waals surface area contributed by atoms with Gasteiger partial charge in [-0.2, -0.15) is 0 Å². The summed E-state index contributed by atoms with van der Waals surface area (Å²) in [6.07, 6.45) is 6.97. The topological polar surface area (TPSA) is 25.8 Å². The third kappa shape index (κ3) is 1.49. The second-order valence-electron chi connectivity index (χ2n) is 2.19. The monoisotopic (exact) mass is 120 g/mol. The molecule has 46 valence electrons. The van der Waals surface area contributed by atoms with Crippen LogP contribution in [0.4, 0.5) is 0 Å². The zero-order chi connectivity index (χ0) is 6.69. The molecule has 0 amide bonds. The lowest BCUT2D eigenvalue weighted by Crippen LogP contribution is -1.89. The Balaban J connectivity index is 2.85. The molecule has 0 aliphatic rings. The van der Waals surface area contributed by atoms with E-state index in [-0.39, 0.29) is 0 Å². The highest BCUT2D eigenvalue weighted by molar-refractivity contribution is 5.05. The van der Waals surface area contributed by atoms with E-state index in [1.807, 2.05) is 0 Å². The van der Waals surface area contributed by atoms with Crippen LogP contribution < -0.4 is 0 Å². The van der Waals surface area contributed by atoms with Gasteiger partial charge in [-0.1, -0.05) is 13.8 Å². The molecule has 0 fully saturated rings. The molecule has 0 atom stereocenters. The molecule has 0 saturated heterocycles. The van der Waals surface area contributed by atoms with Gasteiger partial charge in [-0.25, -0.2) is 9.97 Å². The van der Waals surface area contributed by atoms with Gasteiger partial charge in [0.05, 0.1) is 6.20 Å². The molecule has 0 spiro atoms. The van der Waals surface area contributed by atoms with Crippen molar-refractivity contribution < 1.29 is 0 Å². The van der Waals surface area contributed by atoms with Crippen LogP contribution in [0.15, 0.2) is 6.20 Å². The standard InChI is InChI=1S/C7H8N2/c1-6(2)7-3-8-5-9-4-7/h3,6H,1-2H3. The van der Waals surface area contributed by atoms with Crippen LogP contribution in [0.5, 0.6) is 0 Å². The number of aromatic nitrogens is 2. The molecule has 1 aromatic heterocycles. The lowest BCUT2D eigenvalue weighted by Gasteiger charge is -1.98. The van der Waals surface area contributed by atoms with Crippen LogP contribution in [0.3, 0.4) is 0 Å². The second-order valence-corrected chi connectivity index (χ2v) is 2.19. The summed E-state index contributed by atoms with van der Waals surface area (Å²) in [6.45, 7) is 4.16. The van der Waals surface area contributed by atoms with E-state index in [0.29, 0.717) is 5.92 Å². The highest BCUT2D eigenvalue weighted by atomic mass is 14.8. The highest BCUT2D eigenvalue weighted by Crippen LogP contribution is 2.08. The maximum atomic E-state index is 3.74. The summed E-state index contributed by atoms with van der Waals surface area (Å²) in [5.41, 5.74) is 1.04. The predicted octanol–water partition coefficient (Wildman–Crippen LogP) is 1.20. The first-order valence-corrected chi connectivity index (χ1v) is 2.91. The van der Waals surface area contributed by atoms with Crippen molar-refractivity contribution in [2.24, 2.45) is 0 Å². The quantitative estimate of drug-likeness (QED) is 0.556. The van der Waals surface area contributed by atoms with E-state index in [0.717, 1.165) is 5.56 Å². The number of hydrogen-bond acceptors (Lipinski definition) is 2. The van der Waals surface area contributed by atoms with Gasteiger partial charge in [-0.3, -0.25) is 0 Å². The van der Waals surface area contributed by atoms with Crippen LogP contribution in [0.25, 0.3) is 0 Å². The highest BCUT2D eigenvalue weighted by Gasteiger charge is 1.96. The smallest absolute Gasteiger partial charge is 0.198 e. The van der Waals surface area contributed by atoms with Crippen molar-refractivity contribution in [1.82, 2.24) is 9.97 Å². The van der Waals surface area contributed by atoms with Crippen molar-refractivity contribution in [2.45, 2.75) is 19.8 Å². The van der Waals surface area contributed by atoms with Crippen LogP contribution in [0, 0.1) is 12.5 Å². The van der Waals surface area contributed by atoms with Crippen molar-refractivity contribution >= 4 is 0 Å². The fourth-order valence-corrected chi connectivity index (χ4v) is 0.524. The van der Waals surface area contributed by atoms with E-state index in [1.165, 1.54) is 0 Å². The molecule has 2 radical (unpaired) electrons. The Morgan fingerprint density at radius 3 is 2.67 bits per heavy atom. The van der Waals surface area contributed by atoms with Crippen LogP contribution >= 0.6 is 0 Å². The first-order chi connectivity index (χ1) is 4.30. The molecule has 0 saturated carbocycles. The molecule has 0 aliphatic heterocycles. The summed E-state index contributed by atoms with van der Waals surface area (Å²) in [4.78, 5) is 7.38. The molecule has 1 heterocycles. The van der Waals surface area contributed by atoms with E-state index < -0.39 is 0 Å². The molecule has 0 aliphatic carbocycles. The Morgan fingerprint density at radius 2 is 2.33 bits per heavy atom. The minimum absolute atomic E-state index is 0.458. The van der Waals surface area contributed by atoms with Crippen molar-refractivity contribution in [2.75, 3.05) is 0 Å². The van der Waals surface area contributed by atoms with E-state index in [4.69, 9.17) is 0 Å². The van der Waals surface area contributed by atoms with E-state index >= 15 is 0 Å². The van der Waals surface area contributed by atoms with Crippen LogP contribution in [-0.4, -0.2) is 9.97 Å². The summed E-state index contributed by atoms with van der Waals surface area (Å²) in [5.74, 6) is 0.458. The minimum Gasteiger partial charge on any atom is -0.233 e. The second kappa shape index (κ2) is 2.58. The molecule has 0 unspecified atom stereocenters. The molecular weight excluding hydrogens is 112 g/mol. The van der Waals surface area contributed by atoms with Crippen molar-refractivity contribution in [3.05, 3.63) is 24.3 Å². The van der Waals surface area contributed by atoms with Gasteiger partial charge in [0, 0.05) is 11.8 Å². The van der Waals surface area contributed by atoms with Crippen LogP contribution in [-0.2, 0) is 0 Å². The Hall–Kier alpha value is -0.920. The normalized spacial score (nSPS) is 10.1. The van der Waals surface area contributed by atoms with E-state index in [2.05, 4.69) is 36.3 Å². The van der Waals surface area contributed by atoms with Gasteiger partial charge >= 0.3 is 0 Å². The fraction of sp³-hybridized carbons (Fsp3) is 0.429. The van der Waals surface area contributed by atoms with Gasteiger partial charge < -0.3 is 0 Å². The third-order valence-electron chi connectivity index (χ3n) is 1.12. The van der Waals surface area contributed by atoms with Gasteiger partial charge in [0.2, 0.25) is 0 Å². The summed E-state index contributed by atoms with van der Waals surface area (Å²) < 4.78 is 0. The maximum absolute atomic E-state index is 3.74. The van der Waals surface area contributed by atoms with Gasteiger partial charge in [0.15, 0.2) is 6.33 Å².